The molecule has 0 fully saturated rings. The summed E-state index contributed by atoms with van der Waals surface area (Å²) < 4.78 is 6.18. The first-order chi connectivity index (χ1) is 20.1. The highest BCUT2D eigenvalue weighted by Crippen LogP contribution is 2.31. The van der Waals surface area contributed by atoms with Crippen molar-refractivity contribution in [2.75, 3.05) is 24.6 Å². The average Bonchev–Trinajstić information content (AvgIpc) is 2.96. The number of nitrogens with one attached hydrogen (secondary N) is 1. The predicted octanol–water partition coefficient (Wildman–Crippen LogP) is 7.02. The Bertz CT molecular complexity index is 1380. The van der Waals surface area contributed by atoms with Crippen molar-refractivity contribution in [2.45, 2.75) is 79.8 Å². The molecule has 42 heavy (non-hydrogen) atoms. The molecular formula is C34H44ClN3O4. The summed E-state index contributed by atoms with van der Waals surface area (Å²) in [5.74, 6) is -0.177. The number of amides is 1. The fourth-order valence-corrected chi connectivity index (χ4v) is 5.24. The van der Waals surface area contributed by atoms with Crippen LogP contribution < -0.4 is 15.0 Å². The number of likely N-dealkylation sites (N-methyl/N-ethyl adjacent to an activating group) is 1. The fraction of sp³-hybridized carbons (Fsp3) is 0.441. The summed E-state index contributed by atoms with van der Waals surface area (Å²) in [5, 5.41) is 12.3. The van der Waals surface area contributed by atoms with Gasteiger partial charge in [-0.3, -0.25) is 9.59 Å². The number of ketones is 1. The molecule has 0 saturated carbocycles. The van der Waals surface area contributed by atoms with Crippen LogP contribution >= 0.6 is 11.6 Å². The monoisotopic (exact) mass is 593 g/mol. The number of anilines is 1. The Labute approximate surface area is 255 Å². The molecule has 1 aliphatic carbocycles. The quantitative estimate of drug-likeness (QED) is 0.230. The minimum Gasteiger partial charge on any atom is -0.480 e. The van der Waals surface area contributed by atoms with Gasteiger partial charge in [-0.05, 0) is 88.4 Å². The highest BCUT2D eigenvalue weighted by atomic mass is 35.5. The molecule has 0 aromatic heterocycles. The predicted molar refractivity (Wildman–Crippen MR) is 172 cm³/mol. The standard InChI is InChI=1S/C34H44ClN3O4/c1-7-10-12-31(42-30-16-13-22(4)19-24(30)6)34(41)37-29-21-28(26(11-8-2)32(35)33(29)40)36-27-15-14-25(20-23(27)5)38(9-3)17-18-39/h13-16,19-21,31,39H,7-12,17-18H2,1-6H3,(H,37,41). The lowest BCUT2D eigenvalue weighted by atomic mass is 9.95. The molecule has 7 nitrogen and oxygen atoms in total. The molecule has 3 rings (SSSR count). The third kappa shape index (κ3) is 8.33. The van der Waals surface area contributed by atoms with E-state index in [0.29, 0.717) is 36.4 Å². The molecule has 1 unspecified atom stereocenters. The van der Waals surface area contributed by atoms with Crippen LogP contribution in [-0.2, 0) is 9.59 Å². The summed E-state index contributed by atoms with van der Waals surface area (Å²) in [7, 11) is 0. The molecule has 0 heterocycles. The van der Waals surface area contributed by atoms with Gasteiger partial charge in [0.15, 0.2) is 6.10 Å². The Kier molecular flexibility index (Phi) is 12.4. The van der Waals surface area contributed by atoms with Gasteiger partial charge in [0.1, 0.15) is 5.75 Å². The Hall–Kier alpha value is -3.42. The number of hydrogen-bond donors (Lipinski definition) is 2. The van der Waals surface area contributed by atoms with Crippen molar-refractivity contribution < 1.29 is 19.4 Å². The van der Waals surface area contributed by atoms with Gasteiger partial charge in [-0.2, -0.15) is 0 Å². The van der Waals surface area contributed by atoms with Crippen molar-refractivity contribution in [1.82, 2.24) is 5.32 Å². The highest BCUT2D eigenvalue weighted by Gasteiger charge is 2.30. The summed E-state index contributed by atoms with van der Waals surface area (Å²) in [6, 6.07) is 11.8. The first-order valence-corrected chi connectivity index (χ1v) is 15.3. The van der Waals surface area contributed by atoms with E-state index in [4.69, 9.17) is 21.3 Å². The molecule has 0 radical (unpaired) electrons. The number of allylic oxidation sites excluding steroid dienone is 3. The van der Waals surface area contributed by atoms with Crippen LogP contribution in [0.3, 0.4) is 0 Å². The van der Waals surface area contributed by atoms with Crippen LogP contribution in [0.15, 0.2) is 63.8 Å². The number of benzene rings is 2. The van der Waals surface area contributed by atoms with Gasteiger partial charge in [0, 0.05) is 24.4 Å². The number of carbonyl (C=O) groups is 2. The molecule has 0 bridgehead atoms. The lowest BCUT2D eigenvalue weighted by Crippen LogP contribution is -2.41. The van der Waals surface area contributed by atoms with E-state index in [0.717, 1.165) is 53.9 Å². The van der Waals surface area contributed by atoms with Gasteiger partial charge in [-0.25, -0.2) is 4.99 Å². The van der Waals surface area contributed by atoms with E-state index < -0.39 is 17.8 Å². The third-order valence-corrected chi connectivity index (χ3v) is 7.71. The number of aryl methyl sites for hydroxylation is 3. The molecule has 0 spiro atoms. The SMILES string of the molecule is CCCCC(Oc1ccc(C)cc1C)C(=O)NC1=CC(=Nc2ccc(N(CC)CCO)cc2C)C(CCC)=C(Cl)C1=O. The molecule has 8 heteroatoms. The molecule has 1 atom stereocenters. The number of unbranched alkanes of at least 4 members (excludes halogenated alkanes) is 1. The van der Waals surface area contributed by atoms with Crippen molar-refractivity contribution in [1.29, 1.82) is 0 Å². The number of carbonyl (C=O) groups excluding carboxylic acids is 2. The number of nitrogens with zero attached hydrogens (tertiary/aromatic N) is 2. The van der Waals surface area contributed by atoms with Gasteiger partial charge in [-0.15, -0.1) is 0 Å². The Balaban J connectivity index is 1.95. The van der Waals surface area contributed by atoms with Crippen LogP contribution in [0.5, 0.6) is 5.75 Å². The summed E-state index contributed by atoms with van der Waals surface area (Å²) in [5.41, 5.74) is 6.04. The Morgan fingerprint density at radius 2 is 1.83 bits per heavy atom. The van der Waals surface area contributed by atoms with Gasteiger partial charge in [0.05, 0.1) is 28.7 Å². The van der Waals surface area contributed by atoms with Crippen LogP contribution in [0.4, 0.5) is 11.4 Å². The zero-order chi connectivity index (χ0) is 30.8. The molecule has 0 saturated heterocycles. The van der Waals surface area contributed by atoms with E-state index in [1.165, 1.54) is 0 Å². The Morgan fingerprint density at radius 1 is 1.07 bits per heavy atom. The van der Waals surface area contributed by atoms with Crippen LogP contribution in [0.1, 0.15) is 69.6 Å². The number of aliphatic imine (C=N–C) groups is 1. The summed E-state index contributed by atoms with van der Waals surface area (Å²) in [6.45, 7) is 13.4. The minimum atomic E-state index is -0.768. The number of aliphatic hydroxyl groups is 1. The molecule has 1 amide bonds. The molecule has 1 aliphatic rings. The van der Waals surface area contributed by atoms with Crippen LogP contribution in [-0.4, -0.2) is 48.3 Å². The van der Waals surface area contributed by atoms with Crippen molar-refractivity contribution in [2.24, 2.45) is 4.99 Å². The minimum absolute atomic E-state index is 0.0723. The third-order valence-electron chi connectivity index (χ3n) is 7.31. The largest absolute Gasteiger partial charge is 0.480 e. The lowest BCUT2D eigenvalue weighted by molar-refractivity contribution is -0.128. The van der Waals surface area contributed by atoms with E-state index in [9.17, 15) is 14.7 Å². The van der Waals surface area contributed by atoms with Crippen molar-refractivity contribution in [3.63, 3.8) is 0 Å². The maximum atomic E-state index is 13.5. The second-order valence-electron chi connectivity index (χ2n) is 10.7. The van der Waals surface area contributed by atoms with Crippen LogP contribution in [0.25, 0.3) is 0 Å². The number of aliphatic hydroxyl groups excluding tert-OH is 1. The molecule has 2 N–H and O–H groups in total. The molecule has 2 aromatic rings. The maximum absolute atomic E-state index is 13.5. The number of rotatable bonds is 14. The van der Waals surface area contributed by atoms with E-state index in [1.54, 1.807) is 6.08 Å². The summed E-state index contributed by atoms with van der Waals surface area (Å²) in [6.07, 6.45) is 4.43. The smallest absolute Gasteiger partial charge is 0.265 e. The van der Waals surface area contributed by atoms with Gasteiger partial charge in [0.2, 0.25) is 5.78 Å². The number of Topliss-reactive ketones (excluding diaryl/α,β-unsaturated/α-hetero) is 1. The van der Waals surface area contributed by atoms with E-state index in [-0.39, 0.29) is 17.3 Å². The zero-order valence-corrected chi connectivity index (χ0v) is 26.5. The maximum Gasteiger partial charge on any atom is 0.265 e. The lowest BCUT2D eigenvalue weighted by Gasteiger charge is -2.23. The van der Waals surface area contributed by atoms with E-state index >= 15 is 0 Å². The number of hydrogen-bond acceptors (Lipinski definition) is 6. The zero-order valence-electron chi connectivity index (χ0n) is 25.7. The van der Waals surface area contributed by atoms with Crippen molar-refractivity contribution >= 4 is 40.4 Å². The normalized spacial score (nSPS) is 15.1. The molecular weight excluding hydrogens is 550 g/mol. The van der Waals surface area contributed by atoms with E-state index in [2.05, 4.69) is 17.1 Å². The first kappa shape index (κ1) is 33.1. The Morgan fingerprint density at radius 3 is 2.45 bits per heavy atom. The van der Waals surface area contributed by atoms with Crippen molar-refractivity contribution in [3.05, 3.63) is 75.5 Å². The van der Waals surface area contributed by atoms with Crippen LogP contribution in [0.2, 0.25) is 0 Å². The highest BCUT2D eigenvalue weighted by molar-refractivity contribution is 6.49. The van der Waals surface area contributed by atoms with Crippen LogP contribution in [0, 0.1) is 20.8 Å². The number of halogens is 1. The second kappa shape index (κ2) is 15.7. The van der Waals surface area contributed by atoms with Gasteiger partial charge in [0.25, 0.3) is 5.91 Å². The fourth-order valence-electron chi connectivity index (χ4n) is 4.95. The average molecular weight is 594 g/mol. The summed E-state index contributed by atoms with van der Waals surface area (Å²) >= 11 is 6.64. The van der Waals surface area contributed by atoms with Gasteiger partial charge >= 0.3 is 0 Å². The summed E-state index contributed by atoms with van der Waals surface area (Å²) in [4.78, 5) is 33.8. The second-order valence-corrected chi connectivity index (χ2v) is 11.1. The molecule has 226 valence electrons. The first-order valence-electron chi connectivity index (χ1n) is 14.9. The van der Waals surface area contributed by atoms with Gasteiger partial charge in [-0.1, -0.05) is 56.0 Å². The molecule has 0 aliphatic heterocycles. The topological polar surface area (TPSA) is 91.2 Å². The van der Waals surface area contributed by atoms with E-state index in [1.807, 2.05) is 71.0 Å². The van der Waals surface area contributed by atoms with Crippen molar-refractivity contribution in [3.8, 4) is 5.75 Å². The van der Waals surface area contributed by atoms with Gasteiger partial charge < -0.3 is 20.1 Å². The molecule has 2 aromatic carbocycles. The number of ether oxygens (including phenoxy) is 1.